The van der Waals surface area contributed by atoms with Crippen molar-refractivity contribution in [1.29, 1.82) is 0 Å². The van der Waals surface area contributed by atoms with Gasteiger partial charge in [-0.15, -0.1) is 0 Å². The molecule has 0 bridgehead atoms. The van der Waals surface area contributed by atoms with Gasteiger partial charge in [-0.05, 0) is 36.6 Å². The molecule has 1 amide bonds. The normalized spacial score (nSPS) is 11.4. The first-order valence-electron chi connectivity index (χ1n) is 9.73. The molecule has 4 aromatic rings. The number of nitrogens with one attached hydrogen (secondary N) is 2. The molecular weight excluding hydrogens is 348 g/mol. The highest BCUT2D eigenvalue weighted by atomic mass is 16.1. The van der Waals surface area contributed by atoms with Crippen LogP contribution in [0.5, 0.6) is 0 Å². The van der Waals surface area contributed by atoms with Gasteiger partial charge in [0, 0.05) is 24.0 Å². The summed E-state index contributed by atoms with van der Waals surface area (Å²) in [5, 5.41) is 3.94. The lowest BCUT2D eigenvalue weighted by Gasteiger charge is -2.12. The van der Waals surface area contributed by atoms with Crippen molar-refractivity contribution in [1.82, 2.24) is 20.3 Å². The number of aromatic nitrogens is 3. The molecule has 4 rings (SSSR count). The zero-order valence-corrected chi connectivity index (χ0v) is 16.2. The van der Waals surface area contributed by atoms with Gasteiger partial charge in [-0.3, -0.25) is 9.78 Å². The van der Waals surface area contributed by atoms with Gasteiger partial charge in [0.1, 0.15) is 5.82 Å². The summed E-state index contributed by atoms with van der Waals surface area (Å²) in [7, 11) is 0. The fourth-order valence-corrected chi connectivity index (χ4v) is 3.36. The van der Waals surface area contributed by atoms with Crippen LogP contribution >= 0.6 is 0 Å². The zero-order chi connectivity index (χ0) is 19.5. The van der Waals surface area contributed by atoms with Crippen molar-refractivity contribution < 1.29 is 4.79 Å². The highest BCUT2D eigenvalue weighted by Crippen LogP contribution is 2.22. The van der Waals surface area contributed by atoms with Crippen molar-refractivity contribution in [3.63, 3.8) is 0 Å². The maximum absolute atomic E-state index is 12.8. The van der Waals surface area contributed by atoms with Gasteiger partial charge in [-0.1, -0.05) is 44.2 Å². The van der Waals surface area contributed by atoms with Crippen molar-refractivity contribution in [3.05, 3.63) is 71.7 Å². The Morgan fingerprint density at radius 2 is 1.79 bits per heavy atom. The number of fused-ring (bicyclic) bond motifs is 2. The summed E-state index contributed by atoms with van der Waals surface area (Å²) < 4.78 is 0. The Bertz CT molecular complexity index is 1100. The Hall–Kier alpha value is -3.21. The van der Waals surface area contributed by atoms with Crippen LogP contribution < -0.4 is 5.32 Å². The first kappa shape index (κ1) is 18.2. The largest absolute Gasteiger partial charge is 0.352 e. The topological polar surface area (TPSA) is 70.7 Å². The van der Waals surface area contributed by atoms with Gasteiger partial charge in [0.25, 0.3) is 5.91 Å². The third kappa shape index (κ3) is 3.74. The number of rotatable bonds is 6. The molecule has 0 saturated heterocycles. The number of H-pyrrole nitrogens is 1. The summed E-state index contributed by atoms with van der Waals surface area (Å²) in [5.74, 6) is 1.17. The molecule has 142 valence electrons. The standard InChI is InChI=1S/C23H24N4O/c1-15(2)21-14-17(16-8-3-4-9-18(16)25-21)23(28)24-13-7-12-22-26-19-10-5-6-11-20(19)27-22/h3-6,8-11,14-15H,7,12-13H2,1-2H3,(H,24,28)(H,26,27). The Labute approximate surface area is 164 Å². The summed E-state index contributed by atoms with van der Waals surface area (Å²) >= 11 is 0. The maximum Gasteiger partial charge on any atom is 0.252 e. The quantitative estimate of drug-likeness (QED) is 0.486. The summed E-state index contributed by atoms with van der Waals surface area (Å²) in [4.78, 5) is 25.4. The van der Waals surface area contributed by atoms with Crippen molar-refractivity contribution >= 4 is 27.8 Å². The average Bonchev–Trinajstić information content (AvgIpc) is 3.13. The molecule has 0 unspecified atom stereocenters. The fraction of sp³-hybridized carbons (Fsp3) is 0.261. The van der Waals surface area contributed by atoms with E-state index in [9.17, 15) is 4.79 Å². The first-order valence-corrected chi connectivity index (χ1v) is 9.73. The number of hydrogen-bond donors (Lipinski definition) is 2. The highest BCUT2D eigenvalue weighted by molar-refractivity contribution is 6.06. The molecule has 0 radical (unpaired) electrons. The van der Waals surface area contributed by atoms with Gasteiger partial charge in [0.2, 0.25) is 0 Å². The second-order valence-corrected chi connectivity index (χ2v) is 7.33. The number of aromatic amines is 1. The highest BCUT2D eigenvalue weighted by Gasteiger charge is 2.14. The van der Waals surface area contributed by atoms with E-state index in [0.29, 0.717) is 12.1 Å². The predicted octanol–water partition coefficient (Wildman–Crippen LogP) is 4.60. The van der Waals surface area contributed by atoms with Crippen LogP contribution in [0.4, 0.5) is 0 Å². The van der Waals surface area contributed by atoms with Crippen LogP contribution in [-0.2, 0) is 6.42 Å². The molecule has 5 nitrogen and oxygen atoms in total. The Morgan fingerprint density at radius 3 is 2.57 bits per heavy atom. The third-order valence-corrected chi connectivity index (χ3v) is 4.89. The van der Waals surface area contributed by atoms with Crippen LogP contribution in [0.1, 0.15) is 48.1 Å². The smallest absolute Gasteiger partial charge is 0.252 e. The Morgan fingerprint density at radius 1 is 1.04 bits per heavy atom. The van der Waals surface area contributed by atoms with E-state index in [4.69, 9.17) is 0 Å². The molecule has 28 heavy (non-hydrogen) atoms. The van der Waals surface area contributed by atoms with Crippen LogP contribution in [0.3, 0.4) is 0 Å². The zero-order valence-electron chi connectivity index (χ0n) is 16.2. The minimum absolute atomic E-state index is 0.0508. The van der Waals surface area contributed by atoms with E-state index in [-0.39, 0.29) is 11.8 Å². The molecule has 2 heterocycles. The second kappa shape index (κ2) is 7.80. The van der Waals surface area contributed by atoms with Crippen LogP contribution in [0.15, 0.2) is 54.6 Å². The monoisotopic (exact) mass is 372 g/mol. The molecule has 5 heteroatoms. The molecule has 0 fully saturated rings. The lowest BCUT2D eigenvalue weighted by Crippen LogP contribution is -2.25. The Balaban J connectivity index is 1.43. The number of carbonyl (C=O) groups excluding carboxylic acids is 1. The molecule has 0 aliphatic heterocycles. The number of nitrogens with zero attached hydrogens (tertiary/aromatic N) is 2. The summed E-state index contributed by atoms with van der Waals surface area (Å²) in [6.45, 7) is 4.78. The van der Waals surface area contributed by atoms with E-state index in [2.05, 4.69) is 34.1 Å². The molecule has 0 atom stereocenters. The first-order chi connectivity index (χ1) is 13.6. The van der Waals surface area contributed by atoms with Gasteiger partial charge < -0.3 is 10.3 Å². The van der Waals surface area contributed by atoms with Gasteiger partial charge in [0.15, 0.2) is 0 Å². The predicted molar refractivity (Wildman–Crippen MR) is 113 cm³/mol. The van der Waals surface area contributed by atoms with E-state index in [1.165, 1.54) is 0 Å². The van der Waals surface area contributed by atoms with Gasteiger partial charge in [-0.25, -0.2) is 4.98 Å². The van der Waals surface area contributed by atoms with E-state index >= 15 is 0 Å². The van der Waals surface area contributed by atoms with Gasteiger partial charge in [-0.2, -0.15) is 0 Å². The molecule has 0 aliphatic rings. The number of para-hydroxylation sites is 3. The minimum Gasteiger partial charge on any atom is -0.352 e. The third-order valence-electron chi connectivity index (χ3n) is 4.89. The number of pyridine rings is 1. The van der Waals surface area contributed by atoms with E-state index < -0.39 is 0 Å². The van der Waals surface area contributed by atoms with E-state index in [0.717, 1.165) is 46.3 Å². The number of hydrogen-bond acceptors (Lipinski definition) is 3. The number of carbonyl (C=O) groups is 1. The second-order valence-electron chi connectivity index (χ2n) is 7.33. The van der Waals surface area contributed by atoms with Gasteiger partial charge >= 0.3 is 0 Å². The lowest BCUT2D eigenvalue weighted by atomic mass is 10.0. The molecule has 0 spiro atoms. The molecule has 2 N–H and O–H groups in total. The van der Waals surface area contributed by atoms with Crippen molar-refractivity contribution in [3.8, 4) is 0 Å². The maximum atomic E-state index is 12.8. The number of aryl methyl sites for hydroxylation is 1. The summed E-state index contributed by atoms with van der Waals surface area (Å²) in [6, 6.07) is 17.7. The van der Waals surface area contributed by atoms with Crippen molar-refractivity contribution in [2.24, 2.45) is 0 Å². The molecule has 2 aromatic carbocycles. The van der Waals surface area contributed by atoms with Gasteiger partial charge in [0.05, 0.1) is 22.1 Å². The lowest BCUT2D eigenvalue weighted by molar-refractivity contribution is 0.0954. The Kier molecular flexibility index (Phi) is 5.06. The van der Waals surface area contributed by atoms with Crippen molar-refractivity contribution in [2.45, 2.75) is 32.6 Å². The van der Waals surface area contributed by atoms with Crippen LogP contribution in [0, 0.1) is 0 Å². The molecular formula is C23H24N4O. The van der Waals surface area contributed by atoms with Crippen LogP contribution in [-0.4, -0.2) is 27.4 Å². The SMILES string of the molecule is CC(C)c1cc(C(=O)NCCCc2nc3ccccc3[nH]2)c2ccccc2n1. The molecule has 0 aliphatic carbocycles. The summed E-state index contributed by atoms with van der Waals surface area (Å²) in [5.41, 5.74) is 4.52. The average molecular weight is 372 g/mol. The summed E-state index contributed by atoms with van der Waals surface area (Å²) in [6.07, 6.45) is 1.62. The van der Waals surface area contributed by atoms with Crippen LogP contribution in [0.25, 0.3) is 21.9 Å². The van der Waals surface area contributed by atoms with Crippen LogP contribution in [0.2, 0.25) is 0 Å². The van der Waals surface area contributed by atoms with E-state index in [1.807, 2.05) is 54.6 Å². The van der Waals surface area contributed by atoms with Crippen molar-refractivity contribution in [2.75, 3.05) is 6.54 Å². The number of imidazole rings is 1. The fourth-order valence-electron chi connectivity index (χ4n) is 3.36. The number of benzene rings is 2. The minimum atomic E-state index is -0.0508. The van der Waals surface area contributed by atoms with E-state index in [1.54, 1.807) is 0 Å². The number of amides is 1. The molecule has 0 saturated carbocycles. The molecule has 2 aromatic heterocycles.